The summed E-state index contributed by atoms with van der Waals surface area (Å²) in [5.74, 6) is 0.380. The lowest BCUT2D eigenvalue weighted by molar-refractivity contribution is 0.339. The van der Waals surface area contributed by atoms with Crippen molar-refractivity contribution in [2.75, 3.05) is 44.5 Å². The maximum absolute atomic E-state index is 14.9. The number of nitrogens with zero attached hydrogens (tertiary/aromatic N) is 3. The minimum absolute atomic E-state index is 0.0180. The van der Waals surface area contributed by atoms with Crippen molar-refractivity contribution in [1.82, 2.24) is 15.3 Å². The van der Waals surface area contributed by atoms with Gasteiger partial charge in [-0.3, -0.25) is 0 Å². The van der Waals surface area contributed by atoms with Gasteiger partial charge in [-0.1, -0.05) is 13.3 Å². The Morgan fingerprint density at radius 1 is 1.36 bits per heavy atom. The first-order valence-electron chi connectivity index (χ1n) is 8.45. The number of piperazine rings is 1. The predicted octanol–water partition coefficient (Wildman–Crippen LogP) is 1.95. The first kappa shape index (κ1) is 17.5. The minimum atomic E-state index is -0.589. The molecule has 136 valence electrons. The second-order valence-corrected chi connectivity index (χ2v) is 6.07. The van der Waals surface area contributed by atoms with Crippen LogP contribution < -0.4 is 25.4 Å². The Hall–Kier alpha value is -2.35. The first-order valence-corrected chi connectivity index (χ1v) is 8.45. The molecule has 1 fully saturated rings. The number of benzene rings is 1. The van der Waals surface area contributed by atoms with Crippen molar-refractivity contribution in [1.29, 1.82) is 0 Å². The quantitative estimate of drug-likeness (QED) is 0.853. The minimum Gasteiger partial charge on any atom is -0.493 e. The van der Waals surface area contributed by atoms with Crippen molar-refractivity contribution in [3.8, 4) is 11.5 Å². The molecule has 0 aliphatic carbocycles. The van der Waals surface area contributed by atoms with E-state index in [2.05, 4.69) is 27.1 Å². The molecule has 1 saturated heterocycles. The van der Waals surface area contributed by atoms with E-state index in [1.807, 2.05) is 0 Å². The number of hydrogen-bond donors (Lipinski definition) is 2. The zero-order valence-electron chi connectivity index (χ0n) is 14.8. The average Bonchev–Trinajstić information content (AvgIpc) is 2.62. The predicted molar refractivity (Wildman–Crippen MR) is 95.9 cm³/mol. The van der Waals surface area contributed by atoms with Gasteiger partial charge in [-0.05, 0) is 12.5 Å². The van der Waals surface area contributed by atoms with Crippen LogP contribution in [-0.2, 0) is 0 Å². The fourth-order valence-corrected chi connectivity index (χ4v) is 3.28. The molecule has 7 nitrogen and oxygen atoms in total. The Morgan fingerprint density at radius 2 is 2.16 bits per heavy atom. The van der Waals surface area contributed by atoms with Crippen molar-refractivity contribution in [2.24, 2.45) is 0 Å². The number of hydrogen-bond acceptors (Lipinski definition) is 7. The van der Waals surface area contributed by atoms with Crippen molar-refractivity contribution in [3.63, 3.8) is 0 Å². The van der Waals surface area contributed by atoms with Crippen LogP contribution in [0.5, 0.6) is 11.5 Å². The fourth-order valence-electron chi connectivity index (χ4n) is 3.28. The van der Waals surface area contributed by atoms with Crippen LogP contribution in [-0.4, -0.2) is 49.9 Å². The zero-order valence-corrected chi connectivity index (χ0v) is 14.8. The van der Waals surface area contributed by atoms with E-state index in [0.717, 1.165) is 32.5 Å². The molecule has 0 radical (unpaired) electrons. The van der Waals surface area contributed by atoms with E-state index in [1.165, 1.54) is 14.2 Å². The summed E-state index contributed by atoms with van der Waals surface area (Å²) in [7, 11) is 2.84. The normalized spacial score (nSPS) is 17.8. The van der Waals surface area contributed by atoms with E-state index >= 15 is 0 Å². The molecule has 3 rings (SSSR count). The molecule has 1 aliphatic heterocycles. The Balaban J connectivity index is 2.13. The second-order valence-electron chi connectivity index (χ2n) is 6.07. The number of halogens is 1. The Morgan fingerprint density at radius 3 is 2.84 bits per heavy atom. The van der Waals surface area contributed by atoms with E-state index in [-0.39, 0.29) is 28.9 Å². The van der Waals surface area contributed by atoms with Crippen LogP contribution in [0.15, 0.2) is 6.07 Å². The van der Waals surface area contributed by atoms with Crippen LogP contribution in [0.4, 0.5) is 16.2 Å². The van der Waals surface area contributed by atoms with Gasteiger partial charge >= 0.3 is 0 Å². The maximum atomic E-state index is 14.9. The van der Waals surface area contributed by atoms with Gasteiger partial charge in [0.25, 0.3) is 0 Å². The largest absolute Gasteiger partial charge is 0.493 e. The van der Waals surface area contributed by atoms with E-state index < -0.39 is 5.82 Å². The van der Waals surface area contributed by atoms with Crippen molar-refractivity contribution in [3.05, 3.63) is 11.9 Å². The third-order valence-corrected chi connectivity index (χ3v) is 4.52. The summed E-state index contributed by atoms with van der Waals surface area (Å²) in [4.78, 5) is 11.0. The number of aromatic nitrogens is 2. The van der Waals surface area contributed by atoms with Gasteiger partial charge in [0, 0.05) is 31.1 Å². The molecule has 3 N–H and O–H groups in total. The standard InChI is InChI=1S/C17H24FN5O2/c1-4-5-10-9-20-6-7-23(10)17-21-14-11(16(19)22-17)8-12(24-2)15(25-3)13(14)18/h8,10,20H,4-7,9H2,1-3H3,(H2,19,21,22). The molecule has 25 heavy (non-hydrogen) atoms. The third kappa shape index (κ3) is 3.13. The number of nitrogens with one attached hydrogen (secondary N) is 1. The highest BCUT2D eigenvalue weighted by Crippen LogP contribution is 2.37. The molecule has 2 aromatic rings. The number of rotatable bonds is 5. The highest BCUT2D eigenvalue weighted by atomic mass is 19.1. The number of methoxy groups -OCH3 is 2. The summed E-state index contributed by atoms with van der Waals surface area (Å²) in [5.41, 5.74) is 6.26. The van der Waals surface area contributed by atoms with Gasteiger partial charge < -0.3 is 25.4 Å². The Labute approximate surface area is 146 Å². The maximum Gasteiger partial charge on any atom is 0.228 e. The number of nitrogen functional groups attached to an aromatic ring is 1. The number of anilines is 2. The van der Waals surface area contributed by atoms with Gasteiger partial charge in [-0.15, -0.1) is 0 Å². The summed E-state index contributed by atoms with van der Waals surface area (Å²) in [6.45, 7) is 4.57. The van der Waals surface area contributed by atoms with Gasteiger partial charge in [0.15, 0.2) is 17.3 Å². The summed E-state index contributed by atoms with van der Waals surface area (Å²) in [6.07, 6.45) is 2.05. The number of nitrogens with two attached hydrogens (primary N) is 1. The fraction of sp³-hybridized carbons (Fsp3) is 0.529. The molecule has 8 heteroatoms. The lowest BCUT2D eigenvalue weighted by Crippen LogP contribution is -2.52. The van der Waals surface area contributed by atoms with Crippen molar-refractivity contribution >= 4 is 22.7 Å². The summed E-state index contributed by atoms with van der Waals surface area (Å²) in [6, 6.07) is 1.87. The molecular weight excluding hydrogens is 325 g/mol. The van der Waals surface area contributed by atoms with Crippen LogP contribution in [0.25, 0.3) is 10.9 Å². The summed E-state index contributed by atoms with van der Waals surface area (Å²) < 4.78 is 25.2. The van der Waals surface area contributed by atoms with E-state index in [0.29, 0.717) is 11.3 Å². The van der Waals surface area contributed by atoms with Gasteiger partial charge in [0.2, 0.25) is 5.95 Å². The van der Waals surface area contributed by atoms with Gasteiger partial charge in [0.1, 0.15) is 11.3 Å². The van der Waals surface area contributed by atoms with Gasteiger partial charge in [0.05, 0.1) is 14.2 Å². The summed E-state index contributed by atoms with van der Waals surface area (Å²) >= 11 is 0. The van der Waals surface area contributed by atoms with Crippen LogP contribution in [0.2, 0.25) is 0 Å². The van der Waals surface area contributed by atoms with Crippen molar-refractivity contribution in [2.45, 2.75) is 25.8 Å². The summed E-state index contributed by atoms with van der Waals surface area (Å²) in [5, 5.41) is 3.79. The zero-order chi connectivity index (χ0) is 18.0. The second kappa shape index (κ2) is 7.26. The number of fused-ring (bicyclic) bond motifs is 1. The average molecular weight is 349 g/mol. The molecule has 0 bridgehead atoms. The molecule has 1 aliphatic rings. The van der Waals surface area contributed by atoms with Gasteiger partial charge in [-0.25, -0.2) is 9.37 Å². The SMILES string of the molecule is CCCC1CNCCN1c1nc(N)c2cc(OC)c(OC)c(F)c2n1. The van der Waals surface area contributed by atoms with Crippen molar-refractivity contribution < 1.29 is 13.9 Å². The smallest absolute Gasteiger partial charge is 0.228 e. The molecule has 0 amide bonds. The third-order valence-electron chi connectivity index (χ3n) is 4.52. The van der Waals surface area contributed by atoms with Crippen LogP contribution in [0.3, 0.4) is 0 Å². The van der Waals surface area contributed by atoms with Gasteiger partial charge in [-0.2, -0.15) is 4.98 Å². The Bertz CT molecular complexity index is 769. The highest BCUT2D eigenvalue weighted by Gasteiger charge is 2.26. The lowest BCUT2D eigenvalue weighted by Gasteiger charge is -2.36. The van der Waals surface area contributed by atoms with Crippen LogP contribution in [0, 0.1) is 5.82 Å². The monoisotopic (exact) mass is 349 g/mol. The molecular formula is C17H24FN5O2. The molecule has 0 spiro atoms. The van der Waals surface area contributed by atoms with E-state index in [9.17, 15) is 4.39 Å². The topological polar surface area (TPSA) is 85.5 Å². The van der Waals surface area contributed by atoms with Crippen LogP contribution in [0.1, 0.15) is 19.8 Å². The molecule has 1 atom stereocenters. The molecule has 1 aromatic carbocycles. The van der Waals surface area contributed by atoms with E-state index in [1.54, 1.807) is 6.07 Å². The molecule has 1 aromatic heterocycles. The molecule has 2 heterocycles. The molecule has 1 unspecified atom stereocenters. The number of ether oxygens (including phenoxy) is 2. The van der Waals surface area contributed by atoms with E-state index in [4.69, 9.17) is 15.2 Å². The highest BCUT2D eigenvalue weighted by molar-refractivity contribution is 5.92. The Kier molecular flexibility index (Phi) is 5.08. The molecule has 0 saturated carbocycles. The lowest BCUT2D eigenvalue weighted by atomic mass is 10.1. The first-order chi connectivity index (χ1) is 12.1. The van der Waals surface area contributed by atoms with Crippen LogP contribution >= 0.6 is 0 Å².